The molecule has 1 aromatic rings. The van der Waals surface area contributed by atoms with Crippen LogP contribution in [0.15, 0.2) is 5.16 Å². The number of nitrogens with one attached hydrogen (secondary N) is 1. The normalized spacial score (nSPS) is 21.6. The number of piperidine rings is 2. The first-order valence-corrected chi connectivity index (χ1v) is 25.3. The van der Waals surface area contributed by atoms with E-state index in [1.807, 2.05) is 6.26 Å². The van der Waals surface area contributed by atoms with Crippen molar-refractivity contribution in [1.29, 1.82) is 0 Å². The Kier molecular flexibility index (Phi) is 23.4. The van der Waals surface area contributed by atoms with Crippen LogP contribution in [0, 0.1) is 11.8 Å². The Morgan fingerprint density at radius 3 is 1.15 bits per heavy atom. The van der Waals surface area contributed by atoms with Crippen LogP contribution in [0.25, 0.3) is 0 Å². The fourth-order valence-corrected chi connectivity index (χ4v) is 11.0. The second-order valence-electron chi connectivity index (χ2n) is 19.5. The van der Waals surface area contributed by atoms with Gasteiger partial charge in [-0.2, -0.15) is 52.7 Å². The van der Waals surface area contributed by atoms with Gasteiger partial charge in [0.15, 0.2) is 11.4 Å². The highest BCUT2D eigenvalue weighted by atomic mass is 35.5. The molecule has 0 aromatic carbocycles. The highest BCUT2D eigenvalue weighted by Crippen LogP contribution is 2.35. The molecule has 1 N–H and O–H groups in total. The molecule has 0 aliphatic carbocycles. The molecule has 0 amide bonds. The lowest BCUT2D eigenvalue weighted by molar-refractivity contribution is -1.03. The summed E-state index contributed by atoms with van der Waals surface area (Å²) < 4.78 is 132. The molecule has 1 aromatic heterocycles. The number of carboxylic acid groups (broad SMARTS) is 4. The van der Waals surface area contributed by atoms with Crippen LogP contribution in [0.5, 0.6) is 0 Å². The standard InChI is InChI=1S/C35H61ClN8OS.4C2HF3O2/c1-46-35-38-33(36)32(29-45)34(39-35)40-11-19-44(20-12-40)27-23-42(24-28-44)15-7-31(8-16-42)4-2-3-30-5-13-41(14-6-30)21-25-43(26-22-41)17-9-37-10-18-43;4*3-2(4,5)1(6)7/h29-31,37H,2-28H2,1H3;4*(H,6,7)/q+4;;;;/p-4. The van der Waals surface area contributed by atoms with Gasteiger partial charge in [0.25, 0.3) is 0 Å². The number of halogens is 13. The molecule has 6 fully saturated rings. The van der Waals surface area contributed by atoms with Gasteiger partial charge in [0, 0.05) is 13.1 Å². The molecule has 6 saturated heterocycles. The molecular weight excluding hydrogens is 1070 g/mol. The first-order chi connectivity index (χ1) is 34.1. The molecule has 6 aliphatic rings. The number of aldehydes is 1. The van der Waals surface area contributed by atoms with Crippen LogP contribution in [0.4, 0.5) is 58.5 Å². The van der Waals surface area contributed by atoms with Crippen LogP contribution in [-0.2, 0) is 19.2 Å². The number of anilines is 1. The Bertz CT molecular complexity index is 1910. The number of aromatic nitrogens is 2. The Labute approximate surface area is 428 Å². The van der Waals surface area contributed by atoms with Crippen molar-refractivity contribution < 1.29 is 115 Å². The first kappa shape index (κ1) is 64.3. The molecule has 6 aliphatic heterocycles. The highest BCUT2D eigenvalue weighted by molar-refractivity contribution is 7.98. The number of hydrogen-bond acceptors (Lipinski definition) is 14. The zero-order chi connectivity index (χ0) is 56.0. The van der Waals surface area contributed by atoms with Crippen LogP contribution in [0.1, 0.15) is 55.3 Å². The number of rotatable bonds is 7. The minimum Gasteiger partial charge on any atom is -0.542 e. The molecule has 0 bridgehead atoms. The summed E-state index contributed by atoms with van der Waals surface area (Å²) in [6.07, 6.45) is -7.66. The maximum Gasteiger partial charge on any atom is 0.430 e. The lowest BCUT2D eigenvalue weighted by atomic mass is 9.85. The lowest BCUT2D eigenvalue weighted by Crippen LogP contribution is -2.71. The van der Waals surface area contributed by atoms with E-state index in [0.717, 1.165) is 50.1 Å². The van der Waals surface area contributed by atoms with E-state index in [2.05, 4.69) is 20.2 Å². The average molecular weight is 1130 g/mol. The second kappa shape index (κ2) is 26.9. The summed E-state index contributed by atoms with van der Waals surface area (Å²) in [6.45, 7) is 26.2. The van der Waals surface area contributed by atoms with Crippen molar-refractivity contribution >= 4 is 59.3 Å². The van der Waals surface area contributed by atoms with Crippen molar-refractivity contribution in [3.05, 3.63) is 10.7 Å². The van der Waals surface area contributed by atoms with Gasteiger partial charge < -0.3 is 67.8 Å². The molecule has 0 radical (unpaired) electrons. The summed E-state index contributed by atoms with van der Waals surface area (Å²) in [5.41, 5.74) is 0.439. The topological polar surface area (TPSA) is 219 Å². The first-order valence-electron chi connectivity index (χ1n) is 23.7. The lowest BCUT2D eigenvalue weighted by Gasteiger charge is -2.54. The molecule has 4 spiro atoms. The number of nitrogens with zero attached hydrogens (tertiary/aromatic N) is 7. The van der Waals surface area contributed by atoms with Gasteiger partial charge >= 0.3 is 24.7 Å². The monoisotopic (exact) mass is 1130 g/mol. The van der Waals surface area contributed by atoms with E-state index in [-0.39, 0.29) is 5.15 Å². The Morgan fingerprint density at radius 2 is 0.865 bits per heavy atom. The van der Waals surface area contributed by atoms with Crippen LogP contribution < -0.4 is 30.6 Å². The van der Waals surface area contributed by atoms with E-state index >= 15 is 0 Å². The Hall–Kier alpha value is -3.97. The number of piperazine rings is 4. The molecule has 0 saturated carbocycles. The summed E-state index contributed by atoms with van der Waals surface area (Å²) in [6, 6.07) is 0. The van der Waals surface area contributed by atoms with Gasteiger partial charge in [0.05, 0.1) is 71.0 Å². The summed E-state index contributed by atoms with van der Waals surface area (Å²) >= 11 is 7.82. The van der Waals surface area contributed by atoms with Crippen molar-refractivity contribution in [2.45, 2.75) is 74.8 Å². The van der Waals surface area contributed by atoms with Gasteiger partial charge in [-0.05, 0) is 43.8 Å². The van der Waals surface area contributed by atoms with E-state index in [4.69, 9.17) is 51.2 Å². The number of alkyl halides is 12. The molecule has 7 heterocycles. The van der Waals surface area contributed by atoms with Crippen molar-refractivity contribution in [1.82, 2.24) is 15.3 Å². The smallest absolute Gasteiger partial charge is 0.430 e. The fraction of sp³-hybridized carbons (Fsp3) is 0.791. The second-order valence-corrected chi connectivity index (χ2v) is 20.6. The molecular formula is C43H61ClF12N8O9S. The van der Waals surface area contributed by atoms with Gasteiger partial charge in [0.1, 0.15) is 87.2 Å². The summed E-state index contributed by atoms with van der Waals surface area (Å²) in [7, 11) is 0. The third-order valence-electron chi connectivity index (χ3n) is 15.1. The van der Waals surface area contributed by atoms with E-state index < -0.39 is 48.6 Å². The number of quaternary nitrogens is 4. The average Bonchev–Trinajstić information content (AvgIpc) is 3.32. The quantitative estimate of drug-likeness (QED) is 0.0987. The third-order valence-corrected chi connectivity index (χ3v) is 15.9. The minimum absolute atomic E-state index is 0.275. The van der Waals surface area contributed by atoms with E-state index in [0.29, 0.717) is 10.7 Å². The maximum atomic E-state index is 11.8. The highest BCUT2D eigenvalue weighted by Gasteiger charge is 2.47. The minimum atomic E-state index is -5.19. The van der Waals surface area contributed by atoms with E-state index in [1.165, 1.54) is 179 Å². The molecule has 0 atom stereocenters. The number of carboxylic acids is 4. The van der Waals surface area contributed by atoms with Crippen molar-refractivity contribution in [2.24, 2.45) is 11.8 Å². The zero-order valence-electron chi connectivity index (χ0n) is 40.5. The Morgan fingerprint density at radius 1 is 0.568 bits per heavy atom. The van der Waals surface area contributed by atoms with E-state index in [9.17, 15) is 57.5 Å². The van der Waals surface area contributed by atoms with Crippen LogP contribution >= 0.6 is 23.4 Å². The Balaban J connectivity index is 0.000000421. The zero-order valence-corrected chi connectivity index (χ0v) is 42.0. The number of hydrogen-bond donors (Lipinski definition) is 1. The SMILES string of the molecule is CSc1nc(Cl)c(C=O)c(N2CC[N+]3(CC2)CC[N+]2(CCC(CCCC4CC[N+]5(CC4)CC[N+]4(CCNCC4)CC5)CC2)CC3)n1.O=C([O-])C(F)(F)F.O=C([O-])C(F)(F)F.O=C([O-])C(F)(F)F.O=C([O-])C(F)(F)F. The van der Waals surface area contributed by atoms with E-state index in [1.54, 1.807) is 0 Å². The van der Waals surface area contributed by atoms with Crippen molar-refractivity contribution in [3.8, 4) is 0 Å². The molecule has 31 heteroatoms. The van der Waals surface area contributed by atoms with Gasteiger partial charge in [-0.3, -0.25) is 4.79 Å². The predicted octanol–water partition coefficient (Wildman–Crippen LogP) is 0.567. The summed E-state index contributed by atoms with van der Waals surface area (Å²) in [5, 5.41) is 39.6. The molecule has 17 nitrogen and oxygen atoms in total. The van der Waals surface area contributed by atoms with Gasteiger partial charge in [0.2, 0.25) is 0 Å². The summed E-state index contributed by atoms with van der Waals surface area (Å²) in [4.78, 5) is 58.2. The fourth-order valence-electron chi connectivity index (χ4n) is 10.4. The third kappa shape index (κ3) is 19.9. The van der Waals surface area contributed by atoms with Gasteiger partial charge in [-0.25, -0.2) is 9.97 Å². The number of carbonyl (C=O) groups excluding carboxylic acids is 5. The maximum absolute atomic E-state index is 11.8. The number of carbonyl (C=O) groups is 5. The van der Waals surface area contributed by atoms with Crippen LogP contribution in [0.2, 0.25) is 5.15 Å². The molecule has 7 rings (SSSR count). The predicted molar refractivity (Wildman–Crippen MR) is 232 cm³/mol. The summed E-state index contributed by atoms with van der Waals surface area (Å²) in [5.74, 6) is -9.33. The van der Waals surface area contributed by atoms with Gasteiger partial charge in [-0.1, -0.05) is 42.6 Å². The molecule has 424 valence electrons. The number of aliphatic carboxylic acids is 4. The largest absolute Gasteiger partial charge is 0.542 e. The van der Waals surface area contributed by atoms with Crippen molar-refractivity contribution in [3.63, 3.8) is 0 Å². The van der Waals surface area contributed by atoms with Crippen LogP contribution in [-0.4, -0.2) is 220 Å². The van der Waals surface area contributed by atoms with Gasteiger partial charge in [-0.15, -0.1) is 0 Å². The molecule has 0 unspecified atom stereocenters. The number of thioether (sulfide) groups is 1. The van der Waals surface area contributed by atoms with Crippen molar-refractivity contribution in [2.75, 3.05) is 142 Å². The van der Waals surface area contributed by atoms with Crippen LogP contribution in [0.3, 0.4) is 0 Å². The molecule has 74 heavy (non-hydrogen) atoms.